The topological polar surface area (TPSA) is 110 Å². The minimum Gasteiger partial charge on any atom is -0.431 e. The van der Waals surface area contributed by atoms with Crippen LogP contribution in [0, 0.1) is 28.4 Å². The lowest BCUT2D eigenvalue weighted by atomic mass is 10.2. The number of nitro benzene ring substituents is 1. The summed E-state index contributed by atoms with van der Waals surface area (Å²) >= 11 is 6.19. The van der Waals surface area contributed by atoms with Gasteiger partial charge in [-0.15, -0.1) is 0 Å². The molecule has 4 rings (SSSR count). The van der Waals surface area contributed by atoms with Gasteiger partial charge in [0.2, 0.25) is 12.3 Å². The molecule has 2 aliphatic heterocycles. The van der Waals surface area contributed by atoms with E-state index in [0.717, 1.165) is 36.9 Å². The third kappa shape index (κ3) is 3.65. The number of hydrogen-bond donors (Lipinski definition) is 0. The van der Waals surface area contributed by atoms with E-state index in [2.05, 4.69) is 15.8 Å². The molecule has 1 aromatic carbocycles. The summed E-state index contributed by atoms with van der Waals surface area (Å²) < 4.78 is 10.4. The second-order valence-electron chi connectivity index (χ2n) is 7.24. The van der Waals surface area contributed by atoms with Crippen LogP contribution in [0.1, 0.15) is 36.9 Å². The van der Waals surface area contributed by atoms with Crippen LogP contribution in [0.5, 0.6) is 0 Å². The third-order valence-corrected chi connectivity index (χ3v) is 9.35. The van der Waals surface area contributed by atoms with Crippen molar-refractivity contribution in [3.05, 3.63) is 45.6 Å². The van der Waals surface area contributed by atoms with Crippen molar-refractivity contribution < 1.29 is 9.45 Å². The quantitative estimate of drug-likeness (QED) is 0.394. The number of piperidine rings is 1. The molecule has 0 saturated carbocycles. The van der Waals surface area contributed by atoms with E-state index in [1.807, 2.05) is 6.92 Å². The maximum atomic E-state index is 11.0. The van der Waals surface area contributed by atoms with Crippen LogP contribution < -0.4 is 5.30 Å². The molecule has 0 amide bonds. The molecule has 156 valence electrons. The average molecular weight is 444 g/mol. The monoisotopic (exact) mass is 444 g/mol. The van der Waals surface area contributed by atoms with Gasteiger partial charge in [0, 0.05) is 30.8 Å². The van der Waals surface area contributed by atoms with Crippen LogP contribution in [0.4, 0.5) is 11.5 Å². The van der Waals surface area contributed by atoms with Crippen molar-refractivity contribution in [3.63, 3.8) is 0 Å². The van der Waals surface area contributed by atoms with Crippen molar-refractivity contribution in [1.29, 1.82) is 5.26 Å². The standard InChI is InChI=1S/C19H21N6O3PS/c1-14-17-18(24(22-14)13-5-10-20)21-19(15-6-8-16(9-7-15)25(26)27)28-29(17,30)23-11-3-2-4-12-23/h6-9H,2-5,11-13H2,1H3. The lowest BCUT2D eigenvalue weighted by molar-refractivity contribution is -0.384. The van der Waals surface area contributed by atoms with Crippen LogP contribution in [-0.2, 0) is 22.9 Å². The molecule has 1 aromatic heterocycles. The van der Waals surface area contributed by atoms with Crippen LogP contribution >= 0.6 is 6.42 Å². The van der Waals surface area contributed by atoms with Gasteiger partial charge in [-0.05, 0) is 43.7 Å². The molecule has 0 N–H and O–H groups in total. The molecular formula is C19H21N6O3PS. The fourth-order valence-corrected chi connectivity index (χ4v) is 7.67. The highest BCUT2D eigenvalue weighted by Gasteiger charge is 2.41. The zero-order valence-electron chi connectivity index (χ0n) is 16.5. The summed E-state index contributed by atoms with van der Waals surface area (Å²) in [5.41, 5.74) is 1.41. The second kappa shape index (κ2) is 8.26. The Morgan fingerprint density at radius 3 is 2.63 bits per heavy atom. The fourth-order valence-electron chi connectivity index (χ4n) is 3.78. The Morgan fingerprint density at radius 2 is 2.00 bits per heavy atom. The summed E-state index contributed by atoms with van der Waals surface area (Å²) in [6.07, 6.45) is 0.950. The summed E-state index contributed by atoms with van der Waals surface area (Å²) in [7, 11) is 0. The first-order valence-corrected chi connectivity index (χ1v) is 12.4. The summed E-state index contributed by atoms with van der Waals surface area (Å²) in [5, 5.41) is 25.5. The van der Waals surface area contributed by atoms with Crippen molar-refractivity contribution >= 4 is 40.9 Å². The van der Waals surface area contributed by atoms with Crippen molar-refractivity contribution in [1.82, 2.24) is 14.5 Å². The van der Waals surface area contributed by atoms with Crippen LogP contribution in [0.15, 0.2) is 29.3 Å². The van der Waals surface area contributed by atoms with Crippen LogP contribution in [-0.4, -0.2) is 38.4 Å². The molecule has 0 radical (unpaired) electrons. The molecule has 2 aliphatic rings. The summed E-state index contributed by atoms with van der Waals surface area (Å²) in [5.74, 6) is 0.987. The van der Waals surface area contributed by atoms with Gasteiger partial charge in [-0.2, -0.15) is 15.4 Å². The lowest BCUT2D eigenvalue weighted by Gasteiger charge is -2.38. The predicted molar refractivity (Wildman–Crippen MR) is 117 cm³/mol. The molecule has 30 heavy (non-hydrogen) atoms. The number of non-ortho nitro benzene ring substituents is 1. The first-order chi connectivity index (χ1) is 14.4. The van der Waals surface area contributed by atoms with Crippen LogP contribution in [0.25, 0.3) is 0 Å². The van der Waals surface area contributed by atoms with Gasteiger partial charge in [-0.25, -0.2) is 9.35 Å². The van der Waals surface area contributed by atoms with Crippen LogP contribution in [0.2, 0.25) is 0 Å². The number of hydrogen-bond acceptors (Lipinski definition) is 7. The van der Waals surface area contributed by atoms with E-state index in [1.165, 1.54) is 18.6 Å². The van der Waals surface area contributed by atoms with Gasteiger partial charge in [0.05, 0.1) is 29.7 Å². The zero-order chi connectivity index (χ0) is 21.3. The summed E-state index contributed by atoms with van der Waals surface area (Å²) in [6, 6.07) is 8.26. The first kappa shape index (κ1) is 20.7. The Bertz CT molecular complexity index is 1100. The lowest BCUT2D eigenvalue weighted by Crippen LogP contribution is -2.35. The molecule has 0 spiro atoms. The number of nitro groups is 1. The molecule has 1 fully saturated rings. The Balaban J connectivity index is 1.83. The van der Waals surface area contributed by atoms with Crippen molar-refractivity contribution in [2.24, 2.45) is 4.99 Å². The van der Waals surface area contributed by atoms with Crippen molar-refractivity contribution in [2.75, 3.05) is 13.1 Å². The van der Waals surface area contributed by atoms with E-state index < -0.39 is 11.3 Å². The number of nitrogens with zero attached hydrogens (tertiary/aromatic N) is 6. The largest absolute Gasteiger partial charge is 0.431 e. The smallest absolute Gasteiger partial charge is 0.269 e. The van der Waals surface area contributed by atoms with E-state index in [4.69, 9.17) is 26.6 Å². The number of nitriles is 1. The van der Waals surface area contributed by atoms with E-state index in [9.17, 15) is 10.1 Å². The SMILES string of the molecule is Cc1nn(CCC#N)c2c1P(=S)(N1CCCCC1)OC(c1ccc([N+](=O)[O-])cc1)=N2. The minimum absolute atomic E-state index is 0.00113. The molecule has 3 heterocycles. The Hall–Kier alpha value is -2.60. The predicted octanol–water partition coefficient (Wildman–Crippen LogP) is 3.54. The van der Waals surface area contributed by atoms with Gasteiger partial charge < -0.3 is 4.52 Å². The van der Waals surface area contributed by atoms with Gasteiger partial charge in [0.25, 0.3) is 5.69 Å². The third-order valence-electron chi connectivity index (χ3n) is 5.24. The number of aryl methyl sites for hydroxylation is 2. The van der Waals surface area contributed by atoms with Crippen LogP contribution in [0.3, 0.4) is 0 Å². The highest BCUT2D eigenvalue weighted by molar-refractivity contribution is 8.15. The Labute approximate surface area is 179 Å². The van der Waals surface area contributed by atoms with Gasteiger partial charge in [0.1, 0.15) is 5.30 Å². The van der Waals surface area contributed by atoms with Gasteiger partial charge in [-0.1, -0.05) is 6.42 Å². The average Bonchev–Trinajstić information content (AvgIpc) is 3.09. The number of fused-ring (bicyclic) bond motifs is 1. The molecule has 2 aromatic rings. The Kier molecular flexibility index (Phi) is 5.69. The summed E-state index contributed by atoms with van der Waals surface area (Å²) in [4.78, 5) is 15.3. The molecule has 9 nitrogen and oxygen atoms in total. The van der Waals surface area contributed by atoms with E-state index in [-0.39, 0.29) is 5.69 Å². The molecule has 11 heteroatoms. The molecule has 1 atom stereocenters. The van der Waals surface area contributed by atoms with E-state index in [0.29, 0.717) is 30.2 Å². The molecular weight excluding hydrogens is 423 g/mol. The van der Waals surface area contributed by atoms with Crippen molar-refractivity contribution in [2.45, 2.75) is 39.2 Å². The van der Waals surface area contributed by atoms with Gasteiger partial charge in [-0.3, -0.25) is 10.1 Å². The second-order valence-corrected chi connectivity index (χ2v) is 11.0. The van der Waals surface area contributed by atoms with Gasteiger partial charge >= 0.3 is 0 Å². The van der Waals surface area contributed by atoms with E-state index >= 15 is 0 Å². The number of benzene rings is 1. The normalized spacial score (nSPS) is 21.3. The van der Waals surface area contributed by atoms with Crippen molar-refractivity contribution in [3.8, 4) is 6.07 Å². The zero-order valence-corrected chi connectivity index (χ0v) is 18.2. The molecule has 1 saturated heterocycles. The number of aromatic nitrogens is 2. The fraction of sp³-hybridized carbons (Fsp3) is 0.421. The minimum atomic E-state index is -2.64. The maximum absolute atomic E-state index is 11.0. The molecule has 0 aliphatic carbocycles. The number of rotatable bonds is 5. The highest BCUT2D eigenvalue weighted by Crippen LogP contribution is 2.56. The van der Waals surface area contributed by atoms with E-state index in [1.54, 1.807) is 16.8 Å². The number of aliphatic imine (C=N–C) groups is 1. The Morgan fingerprint density at radius 1 is 1.30 bits per heavy atom. The first-order valence-electron chi connectivity index (χ1n) is 9.77. The summed E-state index contributed by atoms with van der Waals surface area (Å²) in [6.45, 7) is 4.03. The maximum Gasteiger partial charge on any atom is 0.269 e. The molecule has 1 unspecified atom stereocenters. The van der Waals surface area contributed by atoms with Gasteiger partial charge in [0.15, 0.2) is 5.82 Å². The molecule has 0 bridgehead atoms. The highest BCUT2D eigenvalue weighted by atomic mass is 32.4.